The van der Waals surface area contributed by atoms with Crippen molar-refractivity contribution in [3.05, 3.63) is 21.4 Å². The molecule has 2 rings (SSSR count). The van der Waals surface area contributed by atoms with Gasteiger partial charge in [0.2, 0.25) is 0 Å². The number of thiophene rings is 1. The van der Waals surface area contributed by atoms with Crippen molar-refractivity contribution in [2.75, 3.05) is 0 Å². The van der Waals surface area contributed by atoms with Gasteiger partial charge >= 0.3 is 0 Å². The van der Waals surface area contributed by atoms with Crippen LogP contribution in [0, 0.1) is 19.8 Å². The van der Waals surface area contributed by atoms with Crippen molar-refractivity contribution >= 4 is 17.2 Å². The van der Waals surface area contributed by atoms with Gasteiger partial charge in [-0.2, -0.15) is 0 Å². The van der Waals surface area contributed by atoms with E-state index < -0.39 is 0 Å². The van der Waals surface area contributed by atoms with Crippen LogP contribution < -0.4 is 5.32 Å². The van der Waals surface area contributed by atoms with E-state index in [2.05, 4.69) is 19.2 Å². The molecule has 0 saturated heterocycles. The number of carbonyl (C=O) groups excluding carboxylic acids is 1. The Hall–Kier alpha value is -0.830. The molecule has 0 radical (unpaired) electrons. The van der Waals surface area contributed by atoms with Crippen molar-refractivity contribution in [1.29, 1.82) is 0 Å². The number of hydrogen-bond acceptors (Lipinski definition) is 2. The maximum absolute atomic E-state index is 12.3. The van der Waals surface area contributed by atoms with E-state index in [0.717, 1.165) is 16.9 Å². The summed E-state index contributed by atoms with van der Waals surface area (Å²) in [6.45, 7) is 6.34. The summed E-state index contributed by atoms with van der Waals surface area (Å²) in [5, 5.41) is 3.28. The van der Waals surface area contributed by atoms with E-state index in [-0.39, 0.29) is 5.91 Å². The second-order valence-corrected chi connectivity index (χ2v) is 7.20. The molecule has 0 aromatic carbocycles. The second kappa shape index (κ2) is 6.56. The first-order valence-electron chi connectivity index (χ1n) is 7.49. The van der Waals surface area contributed by atoms with Crippen LogP contribution in [0.1, 0.15) is 65.6 Å². The van der Waals surface area contributed by atoms with E-state index in [9.17, 15) is 4.79 Å². The molecule has 2 unspecified atom stereocenters. The van der Waals surface area contributed by atoms with Gasteiger partial charge < -0.3 is 5.32 Å². The molecule has 1 saturated carbocycles. The van der Waals surface area contributed by atoms with E-state index in [0.29, 0.717) is 12.0 Å². The van der Waals surface area contributed by atoms with Crippen LogP contribution in [0.4, 0.5) is 0 Å². The van der Waals surface area contributed by atoms with Gasteiger partial charge in [0.25, 0.3) is 5.91 Å². The lowest BCUT2D eigenvalue weighted by Gasteiger charge is -2.20. The zero-order chi connectivity index (χ0) is 13.8. The summed E-state index contributed by atoms with van der Waals surface area (Å²) in [7, 11) is 0. The summed E-state index contributed by atoms with van der Waals surface area (Å²) in [6, 6.07) is 2.42. The number of aryl methyl sites for hydroxylation is 2. The Kier molecular flexibility index (Phi) is 5.03. The van der Waals surface area contributed by atoms with Crippen molar-refractivity contribution in [2.45, 2.75) is 65.3 Å². The van der Waals surface area contributed by atoms with Crippen molar-refractivity contribution in [2.24, 2.45) is 5.92 Å². The Balaban J connectivity index is 1.96. The summed E-state index contributed by atoms with van der Waals surface area (Å²) in [5.41, 5.74) is 0.878. The molecule has 1 fully saturated rings. The van der Waals surface area contributed by atoms with E-state index in [1.165, 1.54) is 37.0 Å². The van der Waals surface area contributed by atoms with Crippen molar-refractivity contribution in [3.63, 3.8) is 0 Å². The van der Waals surface area contributed by atoms with Gasteiger partial charge in [0.05, 0.1) is 5.56 Å². The zero-order valence-electron chi connectivity index (χ0n) is 12.3. The molecule has 0 spiro atoms. The highest BCUT2D eigenvalue weighted by Gasteiger charge is 2.28. The summed E-state index contributed by atoms with van der Waals surface area (Å²) >= 11 is 1.71. The molecule has 19 heavy (non-hydrogen) atoms. The molecule has 1 aliphatic rings. The third-order valence-corrected chi connectivity index (χ3v) is 5.16. The molecule has 1 N–H and O–H groups in total. The van der Waals surface area contributed by atoms with Gasteiger partial charge in [0, 0.05) is 15.8 Å². The number of nitrogens with one attached hydrogen (secondary N) is 1. The summed E-state index contributed by atoms with van der Waals surface area (Å²) in [4.78, 5) is 14.7. The topological polar surface area (TPSA) is 29.1 Å². The van der Waals surface area contributed by atoms with Crippen molar-refractivity contribution < 1.29 is 4.79 Å². The number of unbranched alkanes of at least 4 members (excludes halogenated alkanes) is 1. The molecule has 2 nitrogen and oxygen atoms in total. The van der Waals surface area contributed by atoms with Gasteiger partial charge in [-0.3, -0.25) is 4.79 Å². The van der Waals surface area contributed by atoms with E-state index in [4.69, 9.17) is 0 Å². The van der Waals surface area contributed by atoms with Crippen LogP contribution in [0.25, 0.3) is 0 Å². The predicted molar refractivity (Wildman–Crippen MR) is 81.9 cm³/mol. The highest BCUT2D eigenvalue weighted by Crippen LogP contribution is 2.30. The fraction of sp³-hybridized carbons (Fsp3) is 0.688. The van der Waals surface area contributed by atoms with Gasteiger partial charge in [0.15, 0.2) is 0 Å². The van der Waals surface area contributed by atoms with Crippen LogP contribution in [-0.2, 0) is 0 Å². The number of hydrogen-bond donors (Lipinski definition) is 1. The second-order valence-electron chi connectivity index (χ2n) is 5.74. The molecule has 1 aliphatic carbocycles. The normalized spacial score (nSPS) is 22.7. The Bertz CT molecular complexity index is 438. The monoisotopic (exact) mass is 279 g/mol. The van der Waals surface area contributed by atoms with Gasteiger partial charge in [-0.1, -0.05) is 26.2 Å². The lowest BCUT2D eigenvalue weighted by Crippen LogP contribution is -2.37. The fourth-order valence-corrected chi connectivity index (χ4v) is 4.06. The molecule has 1 aromatic heterocycles. The highest BCUT2D eigenvalue weighted by molar-refractivity contribution is 7.12. The smallest absolute Gasteiger partial charge is 0.252 e. The average molecular weight is 279 g/mol. The Morgan fingerprint density at radius 2 is 2.21 bits per heavy atom. The average Bonchev–Trinajstić information content (AvgIpc) is 2.93. The van der Waals surface area contributed by atoms with E-state index in [1.54, 1.807) is 11.3 Å². The maximum Gasteiger partial charge on any atom is 0.252 e. The molecule has 106 valence electrons. The minimum Gasteiger partial charge on any atom is -0.349 e. The van der Waals surface area contributed by atoms with Gasteiger partial charge in [-0.15, -0.1) is 11.3 Å². The first-order valence-corrected chi connectivity index (χ1v) is 8.31. The standard InChI is InChI=1S/C16H25NOS/c1-4-5-7-13-8-6-9-15(13)17-16(18)14-10-11(2)19-12(14)3/h10,13,15H,4-9H2,1-3H3,(H,17,18). The molecule has 3 heteroatoms. The van der Waals surface area contributed by atoms with Crippen LogP contribution in [0.5, 0.6) is 0 Å². The zero-order valence-corrected chi connectivity index (χ0v) is 13.1. The Morgan fingerprint density at radius 3 is 2.84 bits per heavy atom. The number of carbonyl (C=O) groups is 1. The third kappa shape index (κ3) is 3.59. The van der Waals surface area contributed by atoms with Gasteiger partial charge in [0.1, 0.15) is 0 Å². The largest absolute Gasteiger partial charge is 0.349 e. The highest BCUT2D eigenvalue weighted by atomic mass is 32.1. The SMILES string of the molecule is CCCCC1CCCC1NC(=O)c1cc(C)sc1C. The summed E-state index contributed by atoms with van der Waals surface area (Å²) < 4.78 is 0. The maximum atomic E-state index is 12.3. The van der Waals surface area contributed by atoms with Crippen LogP contribution in [-0.4, -0.2) is 11.9 Å². The molecule has 2 atom stereocenters. The fourth-order valence-electron chi connectivity index (χ4n) is 3.14. The first kappa shape index (κ1) is 14.6. The molecule has 1 heterocycles. The van der Waals surface area contributed by atoms with Crippen LogP contribution in [0.3, 0.4) is 0 Å². The number of rotatable bonds is 5. The van der Waals surface area contributed by atoms with Crippen LogP contribution >= 0.6 is 11.3 Å². The minimum absolute atomic E-state index is 0.134. The van der Waals surface area contributed by atoms with Crippen LogP contribution in [0.2, 0.25) is 0 Å². The number of amides is 1. The molecule has 0 aliphatic heterocycles. The molecular formula is C16H25NOS. The van der Waals surface area contributed by atoms with E-state index in [1.807, 2.05) is 13.0 Å². The van der Waals surface area contributed by atoms with Gasteiger partial charge in [-0.05, 0) is 45.1 Å². The Morgan fingerprint density at radius 1 is 1.42 bits per heavy atom. The molecule has 1 aromatic rings. The minimum atomic E-state index is 0.134. The molecular weight excluding hydrogens is 254 g/mol. The van der Waals surface area contributed by atoms with Crippen LogP contribution in [0.15, 0.2) is 6.07 Å². The van der Waals surface area contributed by atoms with E-state index >= 15 is 0 Å². The quantitative estimate of drug-likeness (QED) is 0.847. The molecule has 0 bridgehead atoms. The summed E-state index contributed by atoms with van der Waals surface area (Å²) in [6.07, 6.45) is 7.51. The third-order valence-electron chi connectivity index (χ3n) is 4.19. The Labute approximate surface area is 120 Å². The first-order chi connectivity index (χ1) is 9.11. The summed E-state index contributed by atoms with van der Waals surface area (Å²) in [5.74, 6) is 0.833. The predicted octanol–water partition coefficient (Wildman–Crippen LogP) is 4.45. The lowest BCUT2D eigenvalue weighted by atomic mass is 9.96. The van der Waals surface area contributed by atoms with Crippen molar-refractivity contribution in [1.82, 2.24) is 5.32 Å². The van der Waals surface area contributed by atoms with Gasteiger partial charge in [-0.25, -0.2) is 0 Å². The van der Waals surface area contributed by atoms with Crippen molar-refractivity contribution in [3.8, 4) is 0 Å². The molecule has 1 amide bonds. The lowest BCUT2D eigenvalue weighted by molar-refractivity contribution is 0.0926.